The lowest BCUT2D eigenvalue weighted by molar-refractivity contribution is 0.0747. The summed E-state index contributed by atoms with van der Waals surface area (Å²) in [4.78, 5) is 11.9. The Morgan fingerprint density at radius 3 is 1.89 bits per heavy atom. The number of benzene rings is 2. The number of ketones is 1. The molecule has 2 aromatic carbocycles. The highest BCUT2D eigenvalue weighted by molar-refractivity contribution is 6.60. The molecule has 0 aliphatic heterocycles. The van der Waals surface area contributed by atoms with Crippen molar-refractivity contribution in [1.82, 2.24) is 0 Å². The number of aliphatic hydroxyl groups excluding tert-OH is 1. The molecule has 7 heteroatoms. The predicted molar refractivity (Wildman–Crippen MR) is 107 cm³/mol. The molecule has 0 aliphatic rings. The molecule has 1 unspecified atom stereocenters. The molecule has 1 atom stereocenters. The first-order chi connectivity index (χ1) is 13.0. The molecule has 3 N–H and O–H groups in total. The molecule has 6 nitrogen and oxygen atoms in total. The Labute approximate surface area is 162 Å². The summed E-state index contributed by atoms with van der Waals surface area (Å²) in [5.74, 6) is -0.271. The van der Waals surface area contributed by atoms with Crippen molar-refractivity contribution in [1.29, 1.82) is 0 Å². The Hall–Kier alpha value is -1.87. The first-order valence-electron chi connectivity index (χ1n) is 8.71. The van der Waals surface area contributed by atoms with Gasteiger partial charge in [0.15, 0.2) is 5.78 Å². The van der Waals surface area contributed by atoms with Crippen LogP contribution in [0.1, 0.15) is 28.4 Å². The number of nitrogens with two attached hydrogens (primary N) is 1. The summed E-state index contributed by atoms with van der Waals surface area (Å²) in [7, 11) is 2.50. The fourth-order valence-corrected chi connectivity index (χ4v) is 4.17. The Morgan fingerprint density at radius 2 is 1.44 bits per heavy atom. The molecule has 0 fully saturated rings. The van der Waals surface area contributed by atoms with E-state index in [2.05, 4.69) is 0 Å². The van der Waals surface area contributed by atoms with Gasteiger partial charge in [0.05, 0.1) is 0 Å². The maximum Gasteiger partial charge on any atom is 0.500 e. The number of carbonyl (C=O) groups excluding carboxylic acids is 1. The lowest BCUT2D eigenvalue weighted by atomic mass is 10.0. The molecule has 0 saturated carbocycles. The molecule has 0 radical (unpaired) electrons. The standard InChI is InChI=1S/C14H12O2.C6H17NO3Si/c15-13(11-7-3-1-4-8-11)14(16)12-9-5-2-6-10-12;1-8-11(9-2,10-3)6-4-5-7/h1-10,13,15H;4-7H2,1-3H3. The topological polar surface area (TPSA) is 91.0 Å². The largest absolute Gasteiger partial charge is 0.500 e. The minimum absolute atomic E-state index is 0.271. The molecule has 0 saturated heterocycles. The summed E-state index contributed by atoms with van der Waals surface area (Å²) in [6, 6.07) is 18.5. The van der Waals surface area contributed by atoms with Gasteiger partial charge in [-0.2, -0.15) is 0 Å². The van der Waals surface area contributed by atoms with E-state index < -0.39 is 14.9 Å². The van der Waals surface area contributed by atoms with E-state index >= 15 is 0 Å². The quantitative estimate of drug-likeness (QED) is 0.504. The van der Waals surface area contributed by atoms with E-state index in [1.54, 1.807) is 69.9 Å². The van der Waals surface area contributed by atoms with E-state index in [1.807, 2.05) is 12.1 Å². The molecular weight excluding hydrogens is 362 g/mol. The van der Waals surface area contributed by atoms with Gasteiger partial charge in [-0.05, 0) is 18.5 Å². The van der Waals surface area contributed by atoms with Crippen molar-refractivity contribution in [2.75, 3.05) is 27.9 Å². The molecule has 0 aliphatic carbocycles. The van der Waals surface area contributed by atoms with Gasteiger partial charge in [-0.15, -0.1) is 0 Å². The minimum Gasteiger partial charge on any atom is -0.380 e. The van der Waals surface area contributed by atoms with Crippen LogP contribution < -0.4 is 5.73 Å². The average molecular weight is 392 g/mol. The highest BCUT2D eigenvalue weighted by Gasteiger charge is 2.36. The van der Waals surface area contributed by atoms with Gasteiger partial charge in [0.1, 0.15) is 6.10 Å². The van der Waals surface area contributed by atoms with Crippen LogP contribution >= 0.6 is 0 Å². The number of carbonyl (C=O) groups is 1. The van der Waals surface area contributed by atoms with E-state index in [0.717, 1.165) is 12.5 Å². The second-order valence-corrected chi connectivity index (χ2v) is 8.82. The van der Waals surface area contributed by atoms with Gasteiger partial charge in [-0.25, -0.2) is 0 Å². The molecule has 0 bridgehead atoms. The lowest BCUT2D eigenvalue weighted by Gasteiger charge is -2.23. The van der Waals surface area contributed by atoms with Crippen molar-refractivity contribution in [3.8, 4) is 0 Å². The first-order valence-corrected chi connectivity index (χ1v) is 10.6. The summed E-state index contributed by atoms with van der Waals surface area (Å²) < 4.78 is 15.5. The zero-order valence-corrected chi connectivity index (χ0v) is 17.1. The highest BCUT2D eigenvalue weighted by atomic mass is 28.4. The number of hydrogen-bond acceptors (Lipinski definition) is 6. The van der Waals surface area contributed by atoms with E-state index in [9.17, 15) is 9.90 Å². The summed E-state index contributed by atoms with van der Waals surface area (Å²) in [6.07, 6.45) is -0.203. The predicted octanol–water partition coefficient (Wildman–Crippen LogP) is 2.82. The van der Waals surface area contributed by atoms with E-state index in [0.29, 0.717) is 17.7 Å². The zero-order valence-electron chi connectivity index (χ0n) is 16.1. The molecule has 0 aromatic heterocycles. The molecular formula is C20H29NO5Si. The molecule has 0 heterocycles. The molecule has 27 heavy (non-hydrogen) atoms. The molecule has 148 valence electrons. The third-order valence-electron chi connectivity index (χ3n) is 4.04. The fourth-order valence-electron chi connectivity index (χ4n) is 2.42. The SMILES string of the molecule is CO[Si](CCCN)(OC)OC.O=C(c1ccccc1)C(O)c1ccccc1. The average Bonchev–Trinajstić information content (AvgIpc) is 2.76. The third-order valence-corrected chi connectivity index (χ3v) is 6.87. The van der Waals surface area contributed by atoms with Gasteiger partial charge in [0.25, 0.3) is 0 Å². The summed E-state index contributed by atoms with van der Waals surface area (Å²) in [5.41, 5.74) is 6.50. The Balaban J connectivity index is 0.000000293. The minimum atomic E-state index is -2.32. The van der Waals surface area contributed by atoms with Crippen LogP contribution in [-0.2, 0) is 13.3 Å². The van der Waals surface area contributed by atoms with Gasteiger partial charge in [0, 0.05) is 32.9 Å². The van der Waals surface area contributed by atoms with Crippen molar-refractivity contribution >= 4 is 14.6 Å². The molecule has 0 spiro atoms. The number of rotatable bonds is 9. The number of Topliss-reactive ketones (excluding diaryl/α,β-unsaturated/α-hetero) is 1. The maximum atomic E-state index is 11.9. The van der Waals surface area contributed by atoms with Crippen molar-refractivity contribution in [3.05, 3.63) is 71.8 Å². The van der Waals surface area contributed by atoms with Crippen LogP contribution in [0.5, 0.6) is 0 Å². The van der Waals surface area contributed by atoms with Crippen LogP contribution in [-0.4, -0.2) is 47.6 Å². The van der Waals surface area contributed by atoms with Crippen LogP contribution in [0.4, 0.5) is 0 Å². The summed E-state index contributed by atoms with van der Waals surface area (Å²) in [5, 5.41) is 9.89. The monoisotopic (exact) mass is 391 g/mol. The van der Waals surface area contributed by atoms with Gasteiger partial charge >= 0.3 is 8.80 Å². The number of hydrogen-bond donors (Lipinski definition) is 2. The molecule has 0 amide bonds. The van der Waals surface area contributed by atoms with Gasteiger partial charge < -0.3 is 24.1 Å². The molecule has 2 aromatic rings. The lowest BCUT2D eigenvalue weighted by Crippen LogP contribution is -2.42. The number of aliphatic hydroxyl groups is 1. The second-order valence-electron chi connectivity index (χ2n) is 5.73. The van der Waals surface area contributed by atoms with Gasteiger partial charge in [-0.1, -0.05) is 60.7 Å². The Morgan fingerprint density at radius 1 is 0.963 bits per heavy atom. The normalized spacial score (nSPS) is 12.0. The molecule has 2 rings (SSSR count). The van der Waals surface area contributed by atoms with E-state index in [-0.39, 0.29) is 5.78 Å². The van der Waals surface area contributed by atoms with Crippen LogP contribution in [0.3, 0.4) is 0 Å². The fraction of sp³-hybridized carbons (Fsp3) is 0.350. The van der Waals surface area contributed by atoms with Gasteiger partial charge in [-0.3, -0.25) is 4.79 Å². The third kappa shape index (κ3) is 7.34. The van der Waals surface area contributed by atoms with Crippen molar-refractivity contribution < 1.29 is 23.2 Å². The second kappa shape index (κ2) is 12.5. The van der Waals surface area contributed by atoms with E-state index in [1.165, 1.54) is 0 Å². The van der Waals surface area contributed by atoms with Crippen LogP contribution in [0.25, 0.3) is 0 Å². The Bertz CT molecular complexity index is 642. The first kappa shape index (κ1) is 23.2. The Kier molecular flexibility index (Phi) is 10.7. The zero-order chi connectivity index (χ0) is 20.1. The highest BCUT2D eigenvalue weighted by Crippen LogP contribution is 2.17. The smallest absolute Gasteiger partial charge is 0.380 e. The van der Waals surface area contributed by atoms with Crippen molar-refractivity contribution in [3.63, 3.8) is 0 Å². The maximum absolute atomic E-state index is 11.9. The van der Waals surface area contributed by atoms with Crippen LogP contribution in [0, 0.1) is 0 Å². The van der Waals surface area contributed by atoms with E-state index in [4.69, 9.17) is 19.0 Å². The summed E-state index contributed by atoms with van der Waals surface area (Å²) >= 11 is 0. The summed E-state index contributed by atoms with van der Waals surface area (Å²) in [6.45, 7) is 0.644. The van der Waals surface area contributed by atoms with Crippen LogP contribution in [0.15, 0.2) is 60.7 Å². The van der Waals surface area contributed by atoms with Crippen LogP contribution in [0.2, 0.25) is 6.04 Å². The van der Waals surface area contributed by atoms with Gasteiger partial charge in [0.2, 0.25) is 0 Å². The van der Waals surface area contributed by atoms with Crippen molar-refractivity contribution in [2.24, 2.45) is 5.73 Å². The van der Waals surface area contributed by atoms with Crippen molar-refractivity contribution in [2.45, 2.75) is 18.6 Å².